The molecule has 5 nitrogen and oxygen atoms in total. The van der Waals surface area contributed by atoms with Gasteiger partial charge in [0.05, 0.1) is 16.5 Å². The first kappa shape index (κ1) is 15.0. The Hall–Kier alpha value is -1.42. The van der Waals surface area contributed by atoms with Gasteiger partial charge in [-0.2, -0.15) is 5.26 Å². The van der Waals surface area contributed by atoms with Gasteiger partial charge in [-0.25, -0.2) is 13.1 Å². The molecule has 2 rings (SSSR count). The zero-order valence-corrected chi connectivity index (χ0v) is 12.6. The van der Waals surface area contributed by atoms with Crippen molar-refractivity contribution in [3.8, 4) is 6.07 Å². The highest BCUT2D eigenvalue weighted by molar-refractivity contribution is 7.89. The van der Waals surface area contributed by atoms with Crippen LogP contribution < -0.4 is 4.72 Å². The minimum atomic E-state index is -3.55. The Morgan fingerprint density at radius 3 is 2.85 bits per heavy atom. The molecule has 1 saturated heterocycles. The quantitative estimate of drug-likeness (QED) is 0.902. The normalized spacial score (nSPS) is 19.9. The van der Waals surface area contributed by atoms with Gasteiger partial charge in [-0.05, 0) is 50.6 Å². The van der Waals surface area contributed by atoms with Crippen LogP contribution in [0.2, 0.25) is 0 Å². The van der Waals surface area contributed by atoms with Crippen LogP contribution in [-0.2, 0) is 10.0 Å². The molecular weight excluding hydrogens is 274 g/mol. The summed E-state index contributed by atoms with van der Waals surface area (Å²) >= 11 is 0. The number of aryl methyl sites for hydroxylation is 1. The fourth-order valence-corrected chi connectivity index (χ4v) is 3.84. The molecule has 0 amide bonds. The Bertz CT molecular complexity index is 634. The second-order valence-corrected chi connectivity index (χ2v) is 7.10. The molecule has 0 spiro atoms. The van der Waals surface area contributed by atoms with E-state index in [0.717, 1.165) is 19.5 Å². The molecule has 1 unspecified atom stereocenters. The first-order valence-electron chi connectivity index (χ1n) is 6.61. The molecule has 1 fully saturated rings. The van der Waals surface area contributed by atoms with E-state index in [2.05, 4.69) is 9.62 Å². The average Bonchev–Trinajstić information content (AvgIpc) is 2.83. The molecule has 0 aliphatic carbocycles. The third-order valence-corrected chi connectivity index (χ3v) is 5.22. The molecule has 1 heterocycles. The number of hydrogen-bond acceptors (Lipinski definition) is 4. The zero-order chi connectivity index (χ0) is 14.8. The lowest BCUT2D eigenvalue weighted by Crippen LogP contribution is -2.31. The van der Waals surface area contributed by atoms with Crippen molar-refractivity contribution in [2.24, 2.45) is 5.92 Å². The average molecular weight is 293 g/mol. The molecule has 1 N–H and O–H groups in total. The van der Waals surface area contributed by atoms with E-state index in [4.69, 9.17) is 5.26 Å². The van der Waals surface area contributed by atoms with Crippen LogP contribution in [0.25, 0.3) is 0 Å². The molecular formula is C14H19N3O2S. The first-order chi connectivity index (χ1) is 9.42. The van der Waals surface area contributed by atoms with Crippen molar-refractivity contribution in [1.82, 2.24) is 9.62 Å². The van der Waals surface area contributed by atoms with E-state index in [-0.39, 0.29) is 4.90 Å². The van der Waals surface area contributed by atoms with Gasteiger partial charge >= 0.3 is 0 Å². The van der Waals surface area contributed by atoms with Crippen LogP contribution in [0, 0.1) is 24.2 Å². The van der Waals surface area contributed by atoms with Gasteiger partial charge < -0.3 is 4.90 Å². The van der Waals surface area contributed by atoms with E-state index in [1.165, 1.54) is 6.07 Å². The van der Waals surface area contributed by atoms with Crippen molar-refractivity contribution in [2.45, 2.75) is 18.2 Å². The van der Waals surface area contributed by atoms with Gasteiger partial charge in [0.15, 0.2) is 0 Å². The predicted molar refractivity (Wildman–Crippen MR) is 76.7 cm³/mol. The molecule has 1 aromatic rings. The van der Waals surface area contributed by atoms with Crippen LogP contribution in [-0.4, -0.2) is 40.0 Å². The summed E-state index contributed by atoms with van der Waals surface area (Å²) in [6.07, 6.45) is 1.01. The number of sulfonamides is 1. The standard InChI is InChI=1S/C14H19N3O2S/c1-11-3-4-12(8-15)7-14(11)20(18,19)16-9-13-5-6-17(2)10-13/h3-4,7,13,16H,5-6,9-10H2,1-2H3. The summed E-state index contributed by atoms with van der Waals surface area (Å²) < 4.78 is 27.3. The van der Waals surface area contributed by atoms with Crippen LogP contribution >= 0.6 is 0 Å². The van der Waals surface area contributed by atoms with Crippen molar-refractivity contribution >= 4 is 10.0 Å². The topological polar surface area (TPSA) is 73.2 Å². The monoisotopic (exact) mass is 293 g/mol. The van der Waals surface area contributed by atoms with Crippen molar-refractivity contribution in [1.29, 1.82) is 5.26 Å². The second kappa shape index (κ2) is 5.92. The van der Waals surface area contributed by atoms with Crippen LogP contribution in [0.5, 0.6) is 0 Å². The lowest BCUT2D eigenvalue weighted by molar-refractivity contribution is 0.394. The molecule has 1 aliphatic heterocycles. The van der Waals surface area contributed by atoms with Gasteiger partial charge in [0, 0.05) is 13.1 Å². The molecule has 0 radical (unpaired) electrons. The molecule has 0 bridgehead atoms. The SMILES string of the molecule is Cc1ccc(C#N)cc1S(=O)(=O)NCC1CCN(C)C1. The summed E-state index contributed by atoms with van der Waals surface area (Å²) in [7, 11) is -1.51. The lowest BCUT2D eigenvalue weighted by Gasteiger charge is -2.13. The Balaban J connectivity index is 2.12. The van der Waals surface area contributed by atoms with Gasteiger partial charge in [-0.1, -0.05) is 6.07 Å². The van der Waals surface area contributed by atoms with Gasteiger partial charge in [0.2, 0.25) is 10.0 Å². The molecule has 1 atom stereocenters. The summed E-state index contributed by atoms with van der Waals surface area (Å²) in [5.41, 5.74) is 1.01. The highest BCUT2D eigenvalue weighted by atomic mass is 32.2. The second-order valence-electron chi connectivity index (χ2n) is 5.36. The Kier molecular flexibility index (Phi) is 4.43. The van der Waals surface area contributed by atoms with Crippen LogP contribution in [0.4, 0.5) is 0 Å². The largest absolute Gasteiger partial charge is 0.306 e. The van der Waals surface area contributed by atoms with Crippen molar-refractivity contribution < 1.29 is 8.42 Å². The number of nitrogens with zero attached hydrogens (tertiary/aromatic N) is 2. The van der Waals surface area contributed by atoms with Gasteiger partial charge in [-0.3, -0.25) is 0 Å². The fraction of sp³-hybridized carbons (Fsp3) is 0.500. The first-order valence-corrected chi connectivity index (χ1v) is 8.09. The maximum absolute atomic E-state index is 12.3. The number of nitrogens with one attached hydrogen (secondary N) is 1. The predicted octanol–water partition coefficient (Wildman–Crippen LogP) is 1.10. The molecule has 0 aromatic heterocycles. The van der Waals surface area contributed by atoms with Gasteiger partial charge in [-0.15, -0.1) is 0 Å². The maximum Gasteiger partial charge on any atom is 0.240 e. The highest BCUT2D eigenvalue weighted by Gasteiger charge is 2.23. The van der Waals surface area contributed by atoms with E-state index >= 15 is 0 Å². The summed E-state index contributed by atoms with van der Waals surface area (Å²) in [6, 6.07) is 6.69. The lowest BCUT2D eigenvalue weighted by atomic mass is 10.1. The van der Waals surface area contributed by atoms with E-state index in [1.54, 1.807) is 19.1 Å². The van der Waals surface area contributed by atoms with Crippen molar-refractivity contribution in [3.63, 3.8) is 0 Å². The van der Waals surface area contributed by atoms with Crippen LogP contribution in [0.15, 0.2) is 23.1 Å². The highest BCUT2D eigenvalue weighted by Crippen LogP contribution is 2.18. The smallest absolute Gasteiger partial charge is 0.240 e. The van der Waals surface area contributed by atoms with E-state index < -0.39 is 10.0 Å². The minimum absolute atomic E-state index is 0.197. The number of benzene rings is 1. The molecule has 1 aliphatic rings. The zero-order valence-electron chi connectivity index (χ0n) is 11.8. The van der Waals surface area contributed by atoms with E-state index in [9.17, 15) is 8.42 Å². The number of likely N-dealkylation sites (tertiary alicyclic amines) is 1. The van der Waals surface area contributed by atoms with Gasteiger partial charge in [0.1, 0.15) is 0 Å². The number of nitriles is 1. The van der Waals surface area contributed by atoms with Crippen LogP contribution in [0.1, 0.15) is 17.5 Å². The number of rotatable bonds is 4. The fourth-order valence-electron chi connectivity index (χ4n) is 2.46. The molecule has 6 heteroatoms. The third kappa shape index (κ3) is 3.37. The molecule has 20 heavy (non-hydrogen) atoms. The Labute approximate surface area is 120 Å². The summed E-state index contributed by atoms with van der Waals surface area (Å²) in [5.74, 6) is 0.356. The van der Waals surface area contributed by atoms with E-state index in [0.29, 0.717) is 23.6 Å². The Morgan fingerprint density at radius 2 is 2.25 bits per heavy atom. The third-order valence-electron chi connectivity index (χ3n) is 3.66. The van der Waals surface area contributed by atoms with Crippen LogP contribution in [0.3, 0.4) is 0 Å². The summed E-state index contributed by atoms with van der Waals surface area (Å²) in [4.78, 5) is 2.39. The maximum atomic E-state index is 12.3. The van der Waals surface area contributed by atoms with E-state index in [1.807, 2.05) is 13.1 Å². The van der Waals surface area contributed by atoms with Crippen molar-refractivity contribution in [2.75, 3.05) is 26.7 Å². The minimum Gasteiger partial charge on any atom is -0.306 e. The Morgan fingerprint density at radius 1 is 1.50 bits per heavy atom. The molecule has 1 aromatic carbocycles. The van der Waals surface area contributed by atoms with Crippen molar-refractivity contribution in [3.05, 3.63) is 29.3 Å². The molecule has 0 saturated carbocycles. The summed E-state index contributed by atoms with van der Waals surface area (Å²) in [5, 5.41) is 8.88. The number of hydrogen-bond donors (Lipinski definition) is 1. The molecule has 108 valence electrons. The summed E-state index contributed by atoms with van der Waals surface area (Å²) in [6.45, 7) is 4.11. The van der Waals surface area contributed by atoms with Gasteiger partial charge in [0.25, 0.3) is 0 Å².